The van der Waals surface area contributed by atoms with Crippen molar-refractivity contribution in [1.29, 1.82) is 0 Å². The van der Waals surface area contributed by atoms with Crippen LogP contribution >= 0.6 is 11.6 Å². The fraction of sp³-hybridized carbons (Fsp3) is 0.323. The minimum atomic E-state index is -0.966. The number of rotatable bonds is 9. The molecule has 4 rings (SSSR count). The summed E-state index contributed by atoms with van der Waals surface area (Å²) in [6, 6.07) is 18.6. The first-order valence-corrected chi connectivity index (χ1v) is 14.0. The third-order valence-corrected chi connectivity index (χ3v) is 7.56. The summed E-state index contributed by atoms with van der Waals surface area (Å²) in [4.78, 5) is 40.7. The summed E-state index contributed by atoms with van der Waals surface area (Å²) in [6.07, 6.45) is 0.831. The Morgan fingerprint density at radius 3 is 2.32 bits per heavy atom. The summed E-state index contributed by atoms with van der Waals surface area (Å²) in [5, 5.41) is 13.1. The summed E-state index contributed by atoms with van der Waals surface area (Å²) in [5.74, 6) is -0.818. The zero-order valence-electron chi connectivity index (χ0n) is 23.3. The topological polar surface area (TPSA) is 122 Å². The van der Waals surface area contributed by atoms with E-state index in [1.54, 1.807) is 43.3 Å². The van der Waals surface area contributed by atoms with E-state index in [0.29, 0.717) is 33.7 Å². The molecule has 1 aliphatic rings. The molecular weight excluding hydrogens is 544 g/mol. The number of aromatic hydroxyl groups is 1. The van der Waals surface area contributed by atoms with Gasteiger partial charge in [-0.05, 0) is 67.4 Å². The van der Waals surface area contributed by atoms with Crippen LogP contribution in [-0.2, 0) is 22.5 Å². The maximum atomic E-state index is 13.8. The molecule has 9 nitrogen and oxygen atoms in total. The number of likely N-dealkylation sites (tertiary alicyclic amines) is 1. The van der Waals surface area contributed by atoms with Crippen LogP contribution in [0.1, 0.15) is 34.8 Å². The van der Waals surface area contributed by atoms with E-state index in [2.05, 4.69) is 12.4 Å². The predicted molar refractivity (Wildman–Crippen MR) is 158 cm³/mol. The van der Waals surface area contributed by atoms with Gasteiger partial charge in [0.25, 0.3) is 0 Å². The lowest BCUT2D eigenvalue weighted by molar-refractivity contribution is -0.911. The number of urea groups is 1. The Bertz CT molecular complexity index is 1360. The van der Waals surface area contributed by atoms with Crippen LogP contribution in [0, 0.1) is 0 Å². The van der Waals surface area contributed by atoms with Gasteiger partial charge in [0.05, 0.1) is 37.8 Å². The summed E-state index contributed by atoms with van der Waals surface area (Å²) in [6.45, 7) is 4.05. The highest BCUT2D eigenvalue weighted by Gasteiger charge is 2.43. The monoisotopic (exact) mass is 579 g/mol. The summed E-state index contributed by atoms with van der Waals surface area (Å²) in [5.41, 5.74) is 9.05. The number of nitrogens with zero attached hydrogens (tertiary/aromatic N) is 2. The first-order chi connectivity index (χ1) is 19.6. The number of carbonyl (C=O) groups excluding carboxylic acids is 3. The quantitative estimate of drug-likeness (QED) is 0.252. The number of halogens is 1. The molecule has 10 heteroatoms. The van der Waals surface area contributed by atoms with E-state index in [9.17, 15) is 19.5 Å². The molecule has 0 radical (unpaired) electrons. The number of hydrogen-bond donors (Lipinski definition) is 3. The highest BCUT2D eigenvalue weighted by Crippen LogP contribution is 2.27. The van der Waals surface area contributed by atoms with Crippen molar-refractivity contribution < 1.29 is 28.7 Å². The predicted octanol–water partition coefficient (Wildman–Crippen LogP) is 4.57. The van der Waals surface area contributed by atoms with Crippen LogP contribution in [0.5, 0.6) is 5.75 Å². The smallest absolute Gasteiger partial charge is 0.338 e. The number of nitrogens with one attached hydrogen (secondary N) is 1. The number of hydrogen-bond acceptors (Lipinski definition) is 6. The fourth-order valence-corrected chi connectivity index (χ4v) is 5.35. The Hall–Kier alpha value is -3.92. The zero-order chi connectivity index (χ0) is 29.6. The van der Waals surface area contributed by atoms with Crippen LogP contribution in [-0.4, -0.2) is 71.2 Å². The van der Waals surface area contributed by atoms with E-state index < -0.39 is 23.9 Å². The van der Waals surface area contributed by atoms with Gasteiger partial charge < -0.3 is 25.4 Å². The molecular formula is C31H36ClN4O5+. The Balaban J connectivity index is 1.53. The van der Waals surface area contributed by atoms with E-state index in [4.69, 9.17) is 22.1 Å². The second-order valence-corrected chi connectivity index (χ2v) is 11.1. The van der Waals surface area contributed by atoms with Crippen molar-refractivity contribution in [2.45, 2.75) is 38.4 Å². The molecule has 3 amide bonds. The van der Waals surface area contributed by atoms with Gasteiger partial charge >= 0.3 is 12.0 Å². The summed E-state index contributed by atoms with van der Waals surface area (Å²) < 4.78 is 5.66. The third kappa shape index (κ3) is 7.85. The molecule has 1 aliphatic heterocycles. The molecule has 1 heterocycles. The third-order valence-electron chi connectivity index (χ3n) is 7.31. The number of benzene rings is 3. The van der Waals surface area contributed by atoms with Gasteiger partial charge in [-0.15, -0.1) is 0 Å². The number of phenolic OH excluding ortho intramolecular Hbond substituents is 1. The molecule has 4 N–H and O–H groups in total. The van der Waals surface area contributed by atoms with Crippen LogP contribution in [0.25, 0.3) is 0 Å². The van der Waals surface area contributed by atoms with Crippen molar-refractivity contribution in [3.63, 3.8) is 0 Å². The fourth-order valence-electron chi connectivity index (χ4n) is 5.22. The van der Waals surface area contributed by atoms with Crippen molar-refractivity contribution in [2.75, 3.05) is 32.1 Å². The molecule has 41 heavy (non-hydrogen) atoms. The van der Waals surface area contributed by atoms with Crippen molar-refractivity contribution in [1.82, 2.24) is 4.90 Å². The van der Waals surface area contributed by atoms with E-state index >= 15 is 0 Å². The largest absolute Gasteiger partial charge is 0.508 e. The summed E-state index contributed by atoms with van der Waals surface area (Å²) in [7, 11) is 2.11. The molecule has 1 saturated heterocycles. The maximum Gasteiger partial charge on any atom is 0.338 e. The second-order valence-electron chi connectivity index (χ2n) is 10.7. The Morgan fingerprint density at radius 1 is 1.05 bits per heavy atom. The number of amides is 3. The normalized spacial score (nSPS) is 18.9. The number of imide groups is 1. The number of likely N-dealkylation sites (N-methyl/N-ethyl adjacent to an activating group) is 1. The lowest BCUT2D eigenvalue weighted by Gasteiger charge is -2.33. The number of anilines is 1. The van der Waals surface area contributed by atoms with E-state index in [0.717, 1.165) is 24.2 Å². The number of ether oxygens (including phenoxy) is 1. The highest BCUT2D eigenvalue weighted by molar-refractivity contribution is 6.30. The molecule has 1 fully saturated rings. The number of nitrogens with two attached hydrogens (primary N) is 1. The number of quaternary nitrogens is 1. The van der Waals surface area contributed by atoms with E-state index in [-0.39, 0.29) is 24.8 Å². The molecule has 0 bridgehead atoms. The van der Waals surface area contributed by atoms with Crippen LogP contribution < -0.4 is 11.1 Å². The van der Waals surface area contributed by atoms with Crippen molar-refractivity contribution >= 4 is 35.2 Å². The van der Waals surface area contributed by atoms with Crippen molar-refractivity contribution in [3.8, 4) is 5.75 Å². The van der Waals surface area contributed by atoms with E-state index in [1.807, 2.05) is 24.3 Å². The van der Waals surface area contributed by atoms with E-state index in [1.165, 1.54) is 17.0 Å². The van der Waals surface area contributed by atoms with Gasteiger partial charge in [-0.3, -0.25) is 9.69 Å². The molecule has 0 aliphatic carbocycles. The highest BCUT2D eigenvalue weighted by atomic mass is 35.5. The minimum absolute atomic E-state index is 0.118. The van der Waals surface area contributed by atoms with Crippen LogP contribution in [0.15, 0.2) is 72.8 Å². The maximum absolute atomic E-state index is 13.8. The first-order valence-electron chi connectivity index (χ1n) is 13.6. The SMILES string of the molecule is CCOC(=O)c1ccc(NC(=O)N(C(=O)[C@@H](N)Cc2ccc(O)cc2)[C@H]2CC[N+](C)(Cc3ccc(Cl)cc3)C2)cc1. The molecule has 0 saturated carbocycles. The average Bonchev–Trinajstić information content (AvgIpc) is 3.32. The number of phenols is 1. The van der Waals surface area contributed by atoms with Crippen molar-refractivity contribution in [3.05, 3.63) is 94.5 Å². The molecule has 1 unspecified atom stereocenters. The van der Waals surface area contributed by atoms with Gasteiger partial charge in [0, 0.05) is 22.7 Å². The second kappa shape index (κ2) is 13.2. The van der Waals surface area contributed by atoms with Gasteiger partial charge in [0.1, 0.15) is 18.8 Å². The van der Waals surface area contributed by atoms with Gasteiger partial charge in [0.2, 0.25) is 5.91 Å². The molecule has 0 aromatic heterocycles. The number of carbonyl (C=O) groups is 3. The Labute approximate surface area is 245 Å². The zero-order valence-corrected chi connectivity index (χ0v) is 24.0. The summed E-state index contributed by atoms with van der Waals surface area (Å²) >= 11 is 6.06. The van der Waals surface area contributed by atoms with Gasteiger partial charge in [-0.1, -0.05) is 35.9 Å². The minimum Gasteiger partial charge on any atom is -0.508 e. The molecule has 0 spiro atoms. The lowest BCUT2D eigenvalue weighted by Crippen LogP contribution is -2.55. The van der Waals surface area contributed by atoms with Crippen LogP contribution in [0.2, 0.25) is 5.02 Å². The Morgan fingerprint density at radius 2 is 1.68 bits per heavy atom. The van der Waals surface area contributed by atoms with Crippen LogP contribution in [0.3, 0.4) is 0 Å². The molecule has 3 aromatic carbocycles. The van der Waals surface area contributed by atoms with Crippen LogP contribution in [0.4, 0.5) is 10.5 Å². The van der Waals surface area contributed by atoms with Crippen molar-refractivity contribution in [2.24, 2.45) is 5.73 Å². The van der Waals surface area contributed by atoms with Gasteiger partial charge in [-0.2, -0.15) is 0 Å². The molecule has 216 valence electrons. The molecule has 3 aromatic rings. The average molecular weight is 580 g/mol. The van der Waals surface area contributed by atoms with Gasteiger partial charge in [-0.25, -0.2) is 9.59 Å². The lowest BCUT2D eigenvalue weighted by atomic mass is 10.0. The standard InChI is InChI=1S/C31H35ClN4O5/c1-3-41-30(39)23-8-12-25(13-9-23)34-31(40)35(29(38)28(33)18-21-6-14-27(37)15-7-21)26-16-17-36(2,20-26)19-22-4-10-24(32)11-5-22/h4-15,26,28H,3,16-20,33H2,1-2H3,(H-,34,37,39,40)/p+1/t26-,28-,36?/m0/s1. The molecule has 3 atom stereocenters. The van der Waals surface area contributed by atoms with Gasteiger partial charge in [0.15, 0.2) is 0 Å². The Kier molecular flexibility index (Phi) is 9.65. The number of esters is 1. The first kappa shape index (κ1) is 30.0.